The first-order valence-corrected chi connectivity index (χ1v) is 9.02. The van der Waals surface area contributed by atoms with E-state index in [-0.39, 0.29) is 48.5 Å². The first-order chi connectivity index (χ1) is 12.1. The SMILES string of the molecule is CCCN(C(=O)c1ccc(CC2CC(=O)NC2=O)cc1)C1CCNC1.Cl. The molecule has 6 nitrogen and oxygen atoms in total. The van der Waals surface area contributed by atoms with Crippen LogP contribution in [0.3, 0.4) is 0 Å². The second kappa shape index (κ2) is 9.14. The molecule has 2 aliphatic heterocycles. The van der Waals surface area contributed by atoms with Gasteiger partial charge in [0.25, 0.3) is 5.91 Å². The number of hydrogen-bond acceptors (Lipinski definition) is 4. The number of halogens is 1. The topological polar surface area (TPSA) is 78.5 Å². The molecule has 0 bridgehead atoms. The summed E-state index contributed by atoms with van der Waals surface area (Å²) >= 11 is 0. The van der Waals surface area contributed by atoms with Gasteiger partial charge in [0.05, 0.1) is 5.92 Å². The molecular weight excluding hydrogens is 354 g/mol. The molecule has 26 heavy (non-hydrogen) atoms. The smallest absolute Gasteiger partial charge is 0.254 e. The Morgan fingerprint density at radius 2 is 1.96 bits per heavy atom. The zero-order valence-corrected chi connectivity index (χ0v) is 15.8. The summed E-state index contributed by atoms with van der Waals surface area (Å²) in [4.78, 5) is 37.8. The van der Waals surface area contributed by atoms with Crippen LogP contribution in [0.4, 0.5) is 0 Å². The van der Waals surface area contributed by atoms with Gasteiger partial charge < -0.3 is 10.2 Å². The molecule has 2 fully saturated rings. The molecule has 0 aromatic heterocycles. The van der Waals surface area contributed by atoms with E-state index in [2.05, 4.69) is 17.6 Å². The number of carbonyl (C=O) groups excluding carboxylic acids is 3. The molecule has 1 aromatic rings. The number of benzene rings is 1. The fourth-order valence-electron chi connectivity index (χ4n) is 3.60. The molecule has 2 aliphatic rings. The molecule has 0 saturated carbocycles. The lowest BCUT2D eigenvalue weighted by Crippen LogP contribution is -2.42. The lowest BCUT2D eigenvalue weighted by Gasteiger charge is -2.28. The van der Waals surface area contributed by atoms with Crippen molar-refractivity contribution < 1.29 is 14.4 Å². The minimum atomic E-state index is -0.296. The normalized spacial score (nSPS) is 22.0. The number of nitrogens with zero attached hydrogens (tertiary/aromatic N) is 1. The number of nitrogens with one attached hydrogen (secondary N) is 2. The van der Waals surface area contributed by atoms with E-state index in [1.54, 1.807) is 0 Å². The Hall–Kier alpha value is -1.92. The number of carbonyl (C=O) groups is 3. The van der Waals surface area contributed by atoms with E-state index in [0.717, 1.165) is 38.0 Å². The van der Waals surface area contributed by atoms with Crippen molar-refractivity contribution in [2.75, 3.05) is 19.6 Å². The molecule has 0 aliphatic carbocycles. The molecule has 2 N–H and O–H groups in total. The van der Waals surface area contributed by atoms with Crippen molar-refractivity contribution in [3.63, 3.8) is 0 Å². The van der Waals surface area contributed by atoms with Crippen LogP contribution in [0.25, 0.3) is 0 Å². The molecule has 2 atom stereocenters. The lowest BCUT2D eigenvalue weighted by atomic mass is 9.97. The van der Waals surface area contributed by atoms with Crippen molar-refractivity contribution in [1.82, 2.24) is 15.5 Å². The third kappa shape index (κ3) is 4.62. The molecule has 2 heterocycles. The van der Waals surface area contributed by atoms with E-state index < -0.39 is 0 Å². The van der Waals surface area contributed by atoms with Crippen LogP contribution in [0.2, 0.25) is 0 Å². The number of rotatable bonds is 6. The van der Waals surface area contributed by atoms with Crippen LogP contribution in [-0.2, 0) is 16.0 Å². The lowest BCUT2D eigenvalue weighted by molar-refractivity contribution is -0.125. The molecular formula is C19H26ClN3O3. The fraction of sp³-hybridized carbons (Fsp3) is 0.526. The van der Waals surface area contributed by atoms with Gasteiger partial charge in [0.1, 0.15) is 0 Å². The Morgan fingerprint density at radius 1 is 1.23 bits per heavy atom. The molecule has 2 unspecified atom stereocenters. The van der Waals surface area contributed by atoms with Crippen LogP contribution in [0.15, 0.2) is 24.3 Å². The first kappa shape index (κ1) is 20.4. The fourth-order valence-corrected chi connectivity index (χ4v) is 3.60. The molecule has 0 spiro atoms. The molecule has 3 amide bonds. The van der Waals surface area contributed by atoms with Crippen LogP contribution < -0.4 is 10.6 Å². The van der Waals surface area contributed by atoms with Gasteiger partial charge in [-0.1, -0.05) is 19.1 Å². The molecule has 3 rings (SSSR count). The summed E-state index contributed by atoms with van der Waals surface area (Å²) in [6.07, 6.45) is 2.70. The second-order valence-electron chi connectivity index (χ2n) is 6.86. The van der Waals surface area contributed by atoms with Gasteiger partial charge in [0.15, 0.2) is 0 Å². The van der Waals surface area contributed by atoms with Crippen molar-refractivity contribution in [2.45, 2.75) is 38.6 Å². The van der Waals surface area contributed by atoms with Gasteiger partial charge in [-0.25, -0.2) is 0 Å². The van der Waals surface area contributed by atoms with Crippen LogP contribution in [0, 0.1) is 5.92 Å². The van der Waals surface area contributed by atoms with Gasteiger partial charge in [-0.3, -0.25) is 19.7 Å². The van der Waals surface area contributed by atoms with E-state index in [0.29, 0.717) is 12.0 Å². The Morgan fingerprint density at radius 3 is 2.50 bits per heavy atom. The Balaban J connectivity index is 0.00000243. The summed E-state index contributed by atoms with van der Waals surface area (Å²) in [7, 11) is 0. The average Bonchev–Trinajstić information content (AvgIpc) is 3.23. The summed E-state index contributed by atoms with van der Waals surface area (Å²) in [5, 5.41) is 5.65. The zero-order chi connectivity index (χ0) is 17.8. The predicted molar refractivity (Wildman–Crippen MR) is 101 cm³/mol. The van der Waals surface area contributed by atoms with E-state index in [1.165, 1.54) is 0 Å². The highest BCUT2D eigenvalue weighted by Crippen LogP contribution is 2.19. The Kier molecular flexibility index (Phi) is 7.17. The van der Waals surface area contributed by atoms with Crippen molar-refractivity contribution >= 4 is 30.1 Å². The minimum absolute atomic E-state index is 0. The number of imide groups is 1. The van der Waals surface area contributed by atoms with E-state index in [4.69, 9.17) is 0 Å². The maximum absolute atomic E-state index is 12.9. The standard InChI is InChI=1S/C19H25N3O3.ClH/c1-2-9-22(16-7-8-20-12-16)19(25)14-5-3-13(4-6-14)10-15-11-17(23)21-18(15)24;/h3-6,15-16,20H,2,7-12H2,1H3,(H,21,23,24);1H. The summed E-state index contributed by atoms with van der Waals surface area (Å²) in [5.41, 5.74) is 1.65. The molecule has 7 heteroatoms. The van der Waals surface area contributed by atoms with E-state index in [9.17, 15) is 14.4 Å². The minimum Gasteiger partial charge on any atom is -0.334 e. The van der Waals surface area contributed by atoms with Gasteiger partial charge >= 0.3 is 0 Å². The van der Waals surface area contributed by atoms with Gasteiger partial charge in [0, 0.05) is 31.1 Å². The van der Waals surface area contributed by atoms with Crippen molar-refractivity contribution in [3.8, 4) is 0 Å². The van der Waals surface area contributed by atoms with Crippen LogP contribution >= 0.6 is 12.4 Å². The van der Waals surface area contributed by atoms with E-state index >= 15 is 0 Å². The monoisotopic (exact) mass is 379 g/mol. The molecule has 0 radical (unpaired) electrons. The average molecular weight is 380 g/mol. The zero-order valence-electron chi connectivity index (χ0n) is 15.0. The number of hydrogen-bond donors (Lipinski definition) is 2. The quantitative estimate of drug-likeness (QED) is 0.735. The highest BCUT2D eigenvalue weighted by Gasteiger charge is 2.30. The Bertz CT molecular complexity index is 656. The first-order valence-electron chi connectivity index (χ1n) is 9.02. The van der Waals surface area contributed by atoms with Crippen LogP contribution in [-0.4, -0.2) is 48.3 Å². The third-order valence-electron chi connectivity index (χ3n) is 4.95. The second-order valence-corrected chi connectivity index (χ2v) is 6.86. The summed E-state index contributed by atoms with van der Waals surface area (Å²) in [5.74, 6) is -0.638. The Labute approximate surface area is 160 Å². The summed E-state index contributed by atoms with van der Waals surface area (Å²) < 4.78 is 0. The molecule has 2 saturated heterocycles. The van der Waals surface area contributed by atoms with Crippen LogP contribution in [0.1, 0.15) is 42.1 Å². The summed E-state index contributed by atoms with van der Waals surface area (Å²) in [6.45, 7) is 4.66. The number of amides is 3. The van der Waals surface area contributed by atoms with Gasteiger partial charge in [-0.05, 0) is 43.5 Å². The van der Waals surface area contributed by atoms with Crippen molar-refractivity contribution in [1.29, 1.82) is 0 Å². The maximum atomic E-state index is 12.9. The largest absolute Gasteiger partial charge is 0.334 e. The van der Waals surface area contributed by atoms with Gasteiger partial charge in [-0.2, -0.15) is 0 Å². The summed E-state index contributed by atoms with van der Waals surface area (Å²) in [6, 6.07) is 7.70. The maximum Gasteiger partial charge on any atom is 0.254 e. The predicted octanol–water partition coefficient (Wildman–Crippen LogP) is 1.53. The van der Waals surface area contributed by atoms with E-state index in [1.807, 2.05) is 29.2 Å². The highest BCUT2D eigenvalue weighted by atomic mass is 35.5. The van der Waals surface area contributed by atoms with Crippen molar-refractivity contribution in [3.05, 3.63) is 35.4 Å². The van der Waals surface area contributed by atoms with Gasteiger partial charge in [0.2, 0.25) is 11.8 Å². The van der Waals surface area contributed by atoms with Gasteiger partial charge in [-0.15, -0.1) is 12.4 Å². The van der Waals surface area contributed by atoms with Crippen molar-refractivity contribution in [2.24, 2.45) is 5.92 Å². The highest BCUT2D eigenvalue weighted by molar-refractivity contribution is 6.03. The molecule has 142 valence electrons. The third-order valence-corrected chi connectivity index (χ3v) is 4.95. The van der Waals surface area contributed by atoms with Crippen LogP contribution in [0.5, 0.6) is 0 Å². The molecule has 1 aromatic carbocycles.